The molecule has 3 nitrogen and oxygen atoms in total. The zero-order chi connectivity index (χ0) is 15.2. The zero-order valence-electron chi connectivity index (χ0n) is 12.5. The average Bonchev–Trinajstić information content (AvgIpc) is 2.62. The Kier molecular flexibility index (Phi) is 4.35. The molecule has 3 heteroatoms. The maximum Gasteiger partial charge on any atom is 0.118 e. The highest BCUT2D eigenvalue weighted by Gasteiger charge is 2.09. The number of anilines is 2. The number of pyridine rings is 1. The van der Waals surface area contributed by atoms with E-state index >= 15 is 0 Å². The Bertz CT molecular complexity index is 657. The minimum atomic E-state index is 0.790. The average molecular weight is 290 g/mol. The summed E-state index contributed by atoms with van der Waals surface area (Å²) in [5, 5.41) is 0. The summed E-state index contributed by atoms with van der Waals surface area (Å²) in [4.78, 5) is 6.38. The third-order valence-electron chi connectivity index (χ3n) is 3.54. The maximum absolute atomic E-state index is 5.22. The van der Waals surface area contributed by atoms with Crippen molar-refractivity contribution in [3.05, 3.63) is 84.7 Å². The van der Waals surface area contributed by atoms with Crippen LogP contribution in [0.3, 0.4) is 0 Å². The van der Waals surface area contributed by atoms with Gasteiger partial charge in [0.1, 0.15) is 5.75 Å². The van der Waals surface area contributed by atoms with Gasteiger partial charge in [0.15, 0.2) is 0 Å². The smallest absolute Gasteiger partial charge is 0.118 e. The molecule has 0 bridgehead atoms. The number of methoxy groups -OCH3 is 1. The molecule has 0 unspecified atom stereocenters. The Morgan fingerprint density at radius 2 is 1.45 bits per heavy atom. The van der Waals surface area contributed by atoms with E-state index in [1.54, 1.807) is 7.11 Å². The summed E-state index contributed by atoms with van der Waals surface area (Å²) in [5.74, 6) is 0.874. The lowest BCUT2D eigenvalue weighted by Gasteiger charge is -2.25. The van der Waals surface area contributed by atoms with E-state index < -0.39 is 0 Å². The molecule has 22 heavy (non-hydrogen) atoms. The van der Waals surface area contributed by atoms with E-state index in [1.165, 1.54) is 5.56 Å². The van der Waals surface area contributed by atoms with Crippen LogP contribution in [0.25, 0.3) is 0 Å². The van der Waals surface area contributed by atoms with Crippen LogP contribution in [0.1, 0.15) is 5.56 Å². The van der Waals surface area contributed by atoms with Crippen LogP contribution < -0.4 is 9.64 Å². The molecule has 2 aromatic carbocycles. The summed E-state index contributed by atoms with van der Waals surface area (Å²) < 4.78 is 5.22. The zero-order valence-corrected chi connectivity index (χ0v) is 12.5. The quantitative estimate of drug-likeness (QED) is 0.695. The first-order valence-electron chi connectivity index (χ1n) is 7.22. The van der Waals surface area contributed by atoms with E-state index in [1.807, 2.05) is 42.7 Å². The van der Waals surface area contributed by atoms with Gasteiger partial charge in [-0.3, -0.25) is 4.98 Å². The molecule has 0 atom stereocenters. The standard InChI is InChI=1S/C19H18N2O/c1-22-19-9-7-16(8-10-19)15-21(17-5-3-2-4-6-17)18-11-13-20-14-12-18/h2-14H,15H2,1H3. The van der Waals surface area contributed by atoms with Crippen LogP contribution in [0.5, 0.6) is 5.75 Å². The summed E-state index contributed by atoms with van der Waals surface area (Å²) in [6, 6.07) is 22.6. The van der Waals surface area contributed by atoms with Gasteiger partial charge in [-0.25, -0.2) is 0 Å². The molecule has 0 N–H and O–H groups in total. The number of hydrogen-bond acceptors (Lipinski definition) is 3. The van der Waals surface area contributed by atoms with Crippen molar-refractivity contribution >= 4 is 11.4 Å². The van der Waals surface area contributed by atoms with Crippen molar-refractivity contribution < 1.29 is 4.74 Å². The molecule has 0 amide bonds. The second-order valence-corrected chi connectivity index (χ2v) is 4.98. The van der Waals surface area contributed by atoms with Crippen molar-refractivity contribution in [2.75, 3.05) is 12.0 Å². The molecule has 0 aliphatic rings. The Labute approximate surface area is 130 Å². The number of ether oxygens (including phenoxy) is 1. The fourth-order valence-corrected chi connectivity index (χ4v) is 2.38. The van der Waals surface area contributed by atoms with E-state index in [0.717, 1.165) is 23.7 Å². The van der Waals surface area contributed by atoms with E-state index in [-0.39, 0.29) is 0 Å². The maximum atomic E-state index is 5.22. The van der Waals surface area contributed by atoms with Gasteiger partial charge in [0.25, 0.3) is 0 Å². The van der Waals surface area contributed by atoms with Crippen molar-refractivity contribution in [1.82, 2.24) is 4.98 Å². The number of hydrogen-bond donors (Lipinski definition) is 0. The molecule has 0 saturated heterocycles. The summed E-state index contributed by atoms with van der Waals surface area (Å²) in [6.45, 7) is 0.790. The van der Waals surface area contributed by atoms with E-state index in [9.17, 15) is 0 Å². The molecule has 1 aromatic heterocycles. The van der Waals surface area contributed by atoms with Crippen molar-refractivity contribution in [3.63, 3.8) is 0 Å². The molecule has 0 aliphatic carbocycles. The Balaban J connectivity index is 1.91. The van der Waals surface area contributed by atoms with Gasteiger partial charge in [-0.05, 0) is 42.0 Å². The second-order valence-electron chi connectivity index (χ2n) is 4.98. The second kappa shape index (κ2) is 6.76. The highest BCUT2D eigenvalue weighted by atomic mass is 16.5. The van der Waals surface area contributed by atoms with Crippen molar-refractivity contribution in [1.29, 1.82) is 0 Å². The molecule has 0 fully saturated rings. The number of aromatic nitrogens is 1. The van der Waals surface area contributed by atoms with E-state index in [2.05, 4.69) is 46.3 Å². The van der Waals surface area contributed by atoms with Crippen LogP contribution in [0.2, 0.25) is 0 Å². The minimum Gasteiger partial charge on any atom is -0.497 e. The lowest BCUT2D eigenvalue weighted by molar-refractivity contribution is 0.414. The summed E-state index contributed by atoms with van der Waals surface area (Å²) in [7, 11) is 1.68. The van der Waals surface area contributed by atoms with Crippen LogP contribution >= 0.6 is 0 Å². The third kappa shape index (κ3) is 3.26. The molecular formula is C19H18N2O. The van der Waals surface area contributed by atoms with Gasteiger partial charge in [-0.15, -0.1) is 0 Å². The lowest BCUT2D eigenvalue weighted by atomic mass is 10.1. The minimum absolute atomic E-state index is 0.790. The fraction of sp³-hybridized carbons (Fsp3) is 0.105. The van der Waals surface area contributed by atoms with Crippen LogP contribution in [-0.2, 0) is 6.54 Å². The van der Waals surface area contributed by atoms with Gasteiger partial charge in [-0.1, -0.05) is 30.3 Å². The first kappa shape index (κ1) is 14.1. The molecule has 1 heterocycles. The summed E-state index contributed by atoms with van der Waals surface area (Å²) >= 11 is 0. The predicted octanol–water partition coefficient (Wildman–Crippen LogP) is 4.43. The summed E-state index contributed by atoms with van der Waals surface area (Å²) in [6.07, 6.45) is 3.64. The fourth-order valence-electron chi connectivity index (χ4n) is 2.38. The van der Waals surface area contributed by atoms with Crippen molar-refractivity contribution in [2.24, 2.45) is 0 Å². The summed E-state index contributed by atoms with van der Waals surface area (Å²) in [5.41, 5.74) is 3.50. The third-order valence-corrected chi connectivity index (χ3v) is 3.54. The molecule has 0 saturated carbocycles. The molecule has 0 radical (unpaired) electrons. The van der Waals surface area contributed by atoms with Crippen LogP contribution in [0.15, 0.2) is 79.1 Å². The Morgan fingerprint density at radius 3 is 2.09 bits per heavy atom. The number of nitrogens with zero attached hydrogens (tertiary/aromatic N) is 2. The molecule has 0 aliphatic heterocycles. The molecule has 3 aromatic rings. The first-order valence-corrected chi connectivity index (χ1v) is 7.22. The topological polar surface area (TPSA) is 25.4 Å². The highest BCUT2D eigenvalue weighted by molar-refractivity contribution is 5.62. The van der Waals surface area contributed by atoms with Gasteiger partial charge < -0.3 is 9.64 Å². The van der Waals surface area contributed by atoms with Gasteiger partial charge in [0, 0.05) is 30.3 Å². The van der Waals surface area contributed by atoms with Crippen LogP contribution in [0, 0.1) is 0 Å². The monoisotopic (exact) mass is 290 g/mol. The van der Waals surface area contributed by atoms with E-state index in [0.29, 0.717) is 0 Å². The Hall–Kier alpha value is -2.81. The van der Waals surface area contributed by atoms with Gasteiger partial charge in [0.05, 0.1) is 7.11 Å². The van der Waals surface area contributed by atoms with Crippen LogP contribution in [0.4, 0.5) is 11.4 Å². The molecule has 3 rings (SSSR count). The number of rotatable bonds is 5. The lowest BCUT2D eigenvalue weighted by Crippen LogP contribution is -2.16. The van der Waals surface area contributed by atoms with Gasteiger partial charge in [0.2, 0.25) is 0 Å². The normalized spacial score (nSPS) is 10.2. The number of para-hydroxylation sites is 1. The van der Waals surface area contributed by atoms with Gasteiger partial charge >= 0.3 is 0 Å². The molecular weight excluding hydrogens is 272 g/mol. The SMILES string of the molecule is COc1ccc(CN(c2ccccc2)c2ccncc2)cc1. The highest BCUT2D eigenvalue weighted by Crippen LogP contribution is 2.27. The number of benzene rings is 2. The van der Waals surface area contributed by atoms with E-state index in [4.69, 9.17) is 4.74 Å². The van der Waals surface area contributed by atoms with Gasteiger partial charge in [-0.2, -0.15) is 0 Å². The first-order chi connectivity index (χ1) is 10.9. The predicted molar refractivity (Wildman–Crippen MR) is 89.5 cm³/mol. The Morgan fingerprint density at radius 1 is 0.818 bits per heavy atom. The molecule has 110 valence electrons. The molecule has 0 spiro atoms. The van der Waals surface area contributed by atoms with Crippen molar-refractivity contribution in [2.45, 2.75) is 6.54 Å². The van der Waals surface area contributed by atoms with Crippen molar-refractivity contribution in [3.8, 4) is 5.75 Å². The van der Waals surface area contributed by atoms with Crippen LogP contribution in [-0.4, -0.2) is 12.1 Å². The largest absolute Gasteiger partial charge is 0.497 e.